The molecule has 120 valence electrons. The number of carboxylic acid groups (broad SMARTS) is 1. The minimum Gasteiger partial charge on any atom is -0.481 e. The van der Waals surface area contributed by atoms with E-state index in [1.807, 2.05) is 0 Å². The SMILES string of the molecule is CCNC(=O)C(C)NC(=O)N(CC)C1COCC1C(=O)O. The summed E-state index contributed by atoms with van der Waals surface area (Å²) in [6.07, 6.45) is 0. The molecule has 3 amide bonds. The second-order valence-corrected chi connectivity index (χ2v) is 4.90. The maximum absolute atomic E-state index is 12.2. The third-order valence-electron chi connectivity index (χ3n) is 3.45. The van der Waals surface area contributed by atoms with E-state index in [-0.39, 0.29) is 19.1 Å². The number of rotatable bonds is 6. The fourth-order valence-electron chi connectivity index (χ4n) is 2.28. The molecule has 21 heavy (non-hydrogen) atoms. The van der Waals surface area contributed by atoms with Crippen LogP contribution in [-0.2, 0) is 14.3 Å². The quantitative estimate of drug-likeness (QED) is 0.621. The van der Waals surface area contributed by atoms with Gasteiger partial charge in [0.25, 0.3) is 0 Å². The summed E-state index contributed by atoms with van der Waals surface area (Å²) >= 11 is 0. The number of nitrogens with one attached hydrogen (secondary N) is 2. The van der Waals surface area contributed by atoms with Crippen molar-refractivity contribution >= 4 is 17.9 Å². The molecule has 0 radical (unpaired) electrons. The summed E-state index contributed by atoms with van der Waals surface area (Å²) in [5.41, 5.74) is 0. The number of carbonyl (C=O) groups is 3. The summed E-state index contributed by atoms with van der Waals surface area (Å²) in [5, 5.41) is 14.3. The number of likely N-dealkylation sites (N-methyl/N-ethyl adjacent to an activating group) is 2. The van der Waals surface area contributed by atoms with Gasteiger partial charge >= 0.3 is 12.0 Å². The number of hydrogen-bond donors (Lipinski definition) is 3. The Morgan fingerprint density at radius 3 is 2.52 bits per heavy atom. The lowest BCUT2D eigenvalue weighted by atomic mass is 10.0. The molecule has 1 aliphatic heterocycles. The van der Waals surface area contributed by atoms with Crippen LogP contribution in [0.2, 0.25) is 0 Å². The molecule has 1 rings (SSSR count). The van der Waals surface area contributed by atoms with Gasteiger partial charge in [-0.15, -0.1) is 0 Å². The van der Waals surface area contributed by atoms with E-state index in [9.17, 15) is 14.4 Å². The molecular formula is C13H23N3O5. The normalized spacial score (nSPS) is 22.4. The fraction of sp³-hybridized carbons (Fsp3) is 0.769. The first-order valence-corrected chi connectivity index (χ1v) is 7.07. The van der Waals surface area contributed by atoms with Gasteiger partial charge < -0.3 is 25.4 Å². The number of amides is 3. The van der Waals surface area contributed by atoms with E-state index in [1.165, 1.54) is 4.90 Å². The minimum absolute atomic E-state index is 0.0929. The van der Waals surface area contributed by atoms with Gasteiger partial charge in [-0.2, -0.15) is 0 Å². The molecule has 0 aromatic rings. The lowest BCUT2D eigenvalue weighted by Crippen LogP contribution is -2.54. The molecule has 1 aliphatic rings. The maximum Gasteiger partial charge on any atom is 0.318 e. The Kier molecular flexibility index (Phi) is 6.41. The van der Waals surface area contributed by atoms with Crippen LogP contribution >= 0.6 is 0 Å². The summed E-state index contributed by atoms with van der Waals surface area (Å²) < 4.78 is 5.17. The largest absolute Gasteiger partial charge is 0.481 e. The fourth-order valence-corrected chi connectivity index (χ4v) is 2.28. The highest BCUT2D eigenvalue weighted by Crippen LogP contribution is 2.20. The van der Waals surface area contributed by atoms with Gasteiger partial charge in [-0.25, -0.2) is 4.79 Å². The van der Waals surface area contributed by atoms with Gasteiger partial charge in [0.05, 0.1) is 19.3 Å². The standard InChI is InChI=1S/C13H23N3O5/c1-4-14-11(17)8(3)15-13(20)16(5-2)10-7-21-6-9(10)12(18)19/h8-10H,4-7H2,1-3H3,(H,14,17)(H,15,20)(H,18,19). The first kappa shape index (κ1) is 17.2. The van der Waals surface area contributed by atoms with Crippen LogP contribution in [0.25, 0.3) is 0 Å². The summed E-state index contributed by atoms with van der Waals surface area (Å²) in [6, 6.07) is -1.66. The molecule has 3 unspecified atom stereocenters. The zero-order valence-electron chi connectivity index (χ0n) is 12.6. The van der Waals surface area contributed by atoms with Crippen molar-refractivity contribution in [2.75, 3.05) is 26.3 Å². The van der Waals surface area contributed by atoms with E-state index in [1.54, 1.807) is 20.8 Å². The van der Waals surface area contributed by atoms with Crippen LogP contribution < -0.4 is 10.6 Å². The van der Waals surface area contributed by atoms with E-state index >= 15 is 0 Å². The van der Waals surface area contributed by atoms with Crippen LogP contribution in [-0.4, -0.2) is 66.3 Å². The number of urea groups is 1. The van der Waals surface area contributed by atoms with Crippen LogP contribution in [0.5, 0.6) is 0 Å². The number of ether oxygens (including phenoxy) is 1. The van der Waals surface area contributed by atoms with Crippen LogP contribution in [0.1, 0.15) is 20.8 Å². The molecule has 0 aliphatic carbocycles. The molecule has 0 saturated carbocycles. The van der Waals surface area contributed by atoms with Crippen LogP contribution in [0, 0.1) is 5.92 Å². The van der Waals surface area contributed by atoms with Gasteiger partial charge in [-0.3, -0.25) is 9.59 Å². The van der Waals surface area contributed by atoms with Crippen molar-refractivity contribution in [1.82, 2.24) is 15.5 Å². The first-order chi connectivity index (χ1) is 9.92. The molecule has 1 heterocycles. The van der Waals surface area contributed by atoms with Gasteiger partial charge in [0.15, 0.2) is 0 Å². The van der Waals surface area contributed by atoms with Crippen LogP contribution in [0.4, 0.5) is 4.79 Å². The van der Waals surface area contributed by atoms with Crippen molar-refractivity contribution < 1.29 is 24.2 Å². The minimum atomic E-state index is -0.986. The Morgan fingerprint density at radius 2 is 2.00 bits per heavy atom. The smallest absolute Gasteiger partial charge is 0.318 e. The van der Waals surface area contributed by atoms with Gasteiger partial charge in [-0.1, -0.05) is 0 Å². The Bertz CT molecular complexity index is 401. The lowest BCUT2D eigenvalue weighted by molar-refractivity contribution is -0.142. The highest BCUT2D eigenvalue weighted by molar-refractivity contribution is 5.87. The van der Waals surface area contributed by atoms with Crippen LogP contribution in [0.15, 0.2) is 0 Å². The predicted molar refractivity (Wildman–Crippen MR) is 74.8 cm³/mol. The van der Waals surface area contributed by atoms with Crippen molar-refractivity contribution in [3.05, 3.63) is 0 Å². The molecule has 0 bridgehead atoms. The summed E-state index contributed by atoms with van der Waals surface area (Å²) in [4.78, 5) is 36.4. The molecule has 8 nitrogen and oxygen atoms in total. The van der Waals surface area contributed by atoms with Crippen molar-refractivity contribution in [3.8, 4) is 0 Å². The molecular weight excluding hydrogens is 278 g/mol. The molecule has 8 heteroatoms. The Balaban J connectivity index is 2.69. The van der Waals surface area contributed by atoms with E-state index < -0.39 is 30.0 Å². The second-order valence-electron chi connectivity index (χ2n) is 4.90. The predicted octanol–water partition coefficient (Wildman–Crippen LogP) is -0.358. The third-order valence-corrected chi connectivity index (χ3v) is 3.45. The van der Waals surface area contributed by atoms with E-state index in [2.05, 4.69) is 10.6 Å². The molecule has 0 aromatic carbocycles. The van der Waals surface area contributed by atoms with Crippen LogP contribution in [0.3, 0.4) is 0 Å². The Morgan fingerprint density at radius 1 is 1.33 bits per heavy atom. The van der Waals surface area contributed by atoms with Gasteiger partial charge in [0.2, 0.25) is 5.91 Å². The molecule has 1 fully saturated rings. The summed E-state index contributed by atoms with van der Waals surface area (Å²) in [5.74, 6) is -2.00. The topological polar surface area (TPSA) is 108 Å². The van der Waals surface area contributed by atoms with Gasteiger partial charge in [0.1, 0.15) is 12.0 Å². The zero-order valence-corrected chi connectivity index (χ0v) is 12.6. The second kappa shape index (κ2) is 7.82. The van der Waals surface area contributed by atoms with Crippen molar-refractivity contribution in [3.63, 3.8) is 0 Å². The molecule has 1 saturated heterocycles. The van der Waals surface area contributed by atoms with Crippen molar-refractivity contribution in [2.24, 2.45) is 5.92 Å². The average molecular weight is 301 g/mol. The first-order valence-electron chi connectivity index (χ1n) is 7.07. The summed E-state index contributed by atoms with van der Waals surface area (Å²) in [6.45, 7) is 6.23. The monoisotopic (exact) mass is 301 g/mol. The molecule has 3 N–H and O–H groups in total. The number of carboxylic acids is 1. The van der Waals surface area contributed by atoms with Gasteiger partial charge in [0, 0.05) is 13.1 Å². The number of hydrogen-bond acceptors (Lipinski definition) is 4. The van der Waals surface area contributed by atoms with E-state index in [0.717, 1.165) is 0 Å². The maximum atomic E-state index is 12.2. The summed E-state index contributed by atoms with van der Waals surface area (Å²) in [7, 11) is 0. The molecule has 3 atom stereocenters. The number of nitrogens with zero attached hydrogens (tertiary/aromatic N) is 1. The zero-order chi connectivity index (χ0) is 16.0. The average Bonchev–Trinajstić information content (AvgIpc) is 2.89. The molecule has 0 aromatic heterocycles. The molecule has 0 spiro atoms. The Hall–Kier alpha value is -1.83. The number of carbonyl (C=O) groups excluding carboxylic acids is 2. The highest BCUT2D eigenvalue weighted by Gasteiger charge is 2.39. The highest BCUT2D eigenvalue weighted by atomic mass is 16.5. The van der Waals surface area contributed by atoms with Crippen molar-refractivity contribution in [2.45, 2.75) is 32.9 Å². The van der Waals surface area contributed by atoms with E-state index in [0.29, 0.717) is 13.1 Å². The van der Waals surface area contributed by atoms with Crippen molar-refractivity contribution in [1.29, 1.82) is 0 Å². The third kappa shape index (κ3) is 4.32. The van der Waals surface area contributed by atoms with E-state index in [4.69, 9.17) is 9.84 Å². The lowest BCUT2D eigenvalue weighted by Gasteiger charge is -2.30. The Labute approximate surface area is 123 Å². The van der Waals surface area contributed by atoms with Gasteiger partial charge in [-0.05, 0) is 20.8 Å². The number of aliphatic carboxylic acids is 1.